The Hall–Kier alpha value is -2.24. The molecular weight excluding hydrogens is 497 g/mol. The summed E-state index contributed by atoms with van der Waals surface area (Å²) in [4.78, 5) is 24.1. The number of amides is 1. The molecule has 3 aromatic heterocycles. The van der Waals surface area contributed by atoms with Gasteiger partial charge in [-0.2, -0.15) is 0 Å². The van der Waals surface area contributed by atoms with Gasteiger partial charge in [-0.15, -0.1) is 5.10 Å². The van der Waals surface area contributed by atoms with E-state index in [1.165, 1.54) is 6.33 Å². The second-order valence-electron chi connectivity index (χ2n) is 8.36. The van der Waals surface area contributed by atoms with Crippen LogP contribution in [0.1, 0.15) is 53.4 Å². The lowest BCUT2D eigenvalue weighted by atomic mass is 9.93. The average Bonchev–Trinajstić information content (AvgIpc) is 3.24. The molecule has 3 aromatic rings. The Morgan fingerprint density at radius 2 is 2.10 bits per heavy atom. The van der Waals surface area contributed by atoms with Crippen LogP contribution in [0.2, 0.25) is 0 Å². The summed E-state index contributed by atoms with van der Waals surface area (Å²) in [7, 11) is 1.87. The van der Waals surface area contributed by atoms with Crippen LogP contribution in [-0.2, 0) is 7.05 Å². The SMILES string of the molecule is Cc1oc2ncnc(NC3(CI)CC3)c2c1C(=O)N1CCC(c2cn(C)nn2)CC1. The Balaban J connectivity index is 1.40. The van der Waals surface area contributed by atoms with E-state index < -0.39 is 0 Å². The number of carbonyl (C=O) groups is 1. The number of carbonyl (C=O) groups excluding carboxylic acids is 1. The fourth-order valence-electron chi connectivity index (χ4n) is 4.18. The molecule has 0 bridgehead atoms. The first-order valence-electron chi connectivity index (χ1n) is 10.2. The van der Waals surface area contributed by atoms with Crippen molar-refractivity contribution >= 4 is 45.4 Å². The third kappa shape index (κ3) is 3.44. The number of likely N-dealkylation sites (tertiary alicyclic amines) is 1. The first-order valence-corrected chi connectivity index (χ1v) is 11.8. The molecule has 1 saturated carbocycles. The monoisotopic (exact) mass is 521 g/mol. The van der Waals surface area contributed by atoms with E-state index in [1.807, 2.05) is 25.1 Å². The fraction of sp³-hybridized carbons (Fsp3) is 0.550. The van der Waals surface area contributed by atoms with Gasteiger partial charge in [-0.1, -0.05) is 27.8 Å². The van der Waals surface area contributed by atoms with Crippen molar-refractivity contribution in [1.29, 1.82) is 0 Å². The number of hydrogen-bond acceptors (Lipinski definition) is 7. The van der Waals surface area contributed by atoms with Crippen molar-refractivity contribution in [3.63, 3.8) is 0 Å². The summed E-state index contributed by atoms with van der Waals surface area (Å²) in [5, 5.41) is 12.5. The Labute approximate surface area is 187 Å². The van der Waals surface area contributed by atoms with Crippen LogP contribution in [0.4, 0.5) is 5.82 Å². The van der Waals surface area contributed by atoms with Gasteiger partial charge in [-0.3, -0.25) is 9.48 Å². The highest BCUT2D eigenvalue weighted by Gasteiger charge is 2.42. The lowest BCUT2D eigenvalue weighted by Gasteiger charge is -2.31. The van der Waals surface area contributed by atoms with Gasteiger partial charge in [-0.25, -0.2) is 9.97 Å². The minimum atomic E-state index is -0.0129. The van der Waals surface area contributed by atoms with E-state index in [9.17, 15) is 4.79 Å². The number of nitrogens with zero attached hydrogens (tertiary/aromatic N) is 6. The molecule has 0 unspecified atom stereocenters. The summed E-state index contributed by atoms with van der Waals surface area (Å²) in [6.45, 7) is 3.19. The van der Waals surface area contributed by atoms with Gasteiger partial charge in [0, 0.05) is 42.2 Å². The van der Waals surface area contributed by atoms with Crippen LogP contribution in [0.15, 0.2) is 16.9 Å². The number of piperidine rings is 1. The number of alkyl halides is 1. The van der Waals surface area contributed by atoms with Gasteiger partial charge in [0.2, 0.25) is 5.71 Å². The lowest BCUT2D eigenvalue weighted by molar-refractivity contribution is 0.0712. The van der Waals surface area contributed by atoms with Crippen LogP contribution < -0.4 is 5.32 Å². The zero-order valence-electron chi connectivity index (χ0n) is 17.1. The fourth-order valence-corrected chi connectivity index (χ4v) is 5.13. The van der Waals surface area contributed by atoms with Gasteiger partial charge in [0.05, 0.1) is 16.6 Å². The van der Waals surface area contributed by atoms with Gasteiger partial charge < -0.3 is 14.6 Å². The number of anilines is 1. The van der Waals surface area contributed by atoms with Crippen molar-refractivity contribution in [3.05, 3.63) is 29.5 Å². The number of nitrogens with one attached hydrogen (secondary N) is 1. The standard InChI is InChI=1S/C20H24IN7O2/c1-12-15(16-17(22-11-23-18(16)30-12)24-20(10-21)5-6-20)19(29)28-7-3-13(4-8-28)14-9-27(2)26-25-14/h9,11,13H,3-8,10H2,1-2H3,(H,22,23,24). The van der Waals surface area contributed by atoms with Gasteiger partial charge in [0.1, 0.15) is 17.9 Å². The molecule has 158 valence electrons. The van der Waals surface area contributed by atoms with Crippen LogP contribution in [0.25, 0.3) is 11.1 Å². The minimum Gasteiger partial charge on any atom is -0.442 e. The van der Waals surface area contributed by atoms with Gasteiger partial charge >= 0.3 is 0 Å². The Morgan fingerprint density at radius 3 is 2.73 bits per heavy atom. The number of furan rings is 1. The molecule has 1 aliphatic carbocycles. The van der Waals surface area contributed by atoms with E-state index in [1.54, 1.807) is 4.68 Å². The Bertz CT molecular complexity index is 1100. The molecule has 1 N–H and O–H groups in total. The molecule has 30 heavy (non-hydrogen) atoms. The molecular formula is C20H24IN7O2. The number of fused-ring (bicyclic) bond motifs is 1. The summed E-state index contributed by atoms with van der Waals surface area (Å²) >= 11 is 2.40. The zero-order chi connectivity index (χ0) is 20.9. The van der Waals surface area contributed by atoms with Gasteiger partial charge in [0.25, 0.3) is 5.91 Å². The second-order valence-corrected chi connectivity index (χ2v) is 9.12. The number of hydrogen-bond donors (Lipinski definition) is 1. The van der Waals surface area contributed by atoms with E-state index >= 15 is 0 Å². The van der Waals surface area contributed by atoms with Crippen molar-refractivity contribution in [1.82, 2.24) is 29.9 Å². The van der Waals surface area contributed by atoms with Crippen LogP contribution in [0, 0.1) is 6.92 Å². The molecule has 0 spiro atoms. The topological polar surface area (TPSA) is 102 Å². The molecule has 2 fully saturated rings. The minimum absolute atomic E-state index is 0.0129. The first-order chi connectivity index (χ1) is 14.5. The quantitative estimate of drug-likeness (QED) is 0.407. The highest BCUT2D eigenvalue weighted by Crippen LogP contribution is 2.42. The highest BCUT2D eigenvalue weighted by atomic mass is 127. The predicted octanol–water partition coefficient (Wildman–Crippen LogP) is 3.06. The molecule has 0 radical (unpaired) electrons. The number of aryl methyl sites for hydroxylation is 2. The Kier molecular flexibility index (Phi) is 4.91. The van der Waals surface area contributed by atoms with E-state index in [4.69, 9.17) is 4.42 Å². The van der Waals surface area contributed by atoms with Crippen LogP contribution in [-0.4, -0.2) is 58.8 Å². The second kappa shape index (κ2) is 7.47. The molecule has 0 aromatic carbocycles. The number of aromatic nitrogens is 5. The summed E-state index contributed by atoms with van der Waals surface area (Å²) in [6.07, 6.45) is 7.43. The largest absolute Gasteiger partial charge is 0.442 e. The highest BCUT2D eigenvalue weighted by molar-refractivity contribution is 14.1. The van der Waals surface area contributed by atoms with Crippen molar-refractivity contribution in [3.8, 4) is 0 Å². The van der Waals surface area contributed by atoms with Gasteiger partial charge in [-0.05, 0) is 32.6 Å². The third-order valence-corrected chi connectivity index (χ3v) is 7.65. The van der Waals surface area contributed by atoms with Crippen LogP contribution in [0.5, 0.6) is 0 Å². The summed E-state index contributed by atoms with van der Waals surface area (Å²) in [5.74, 6) is 1.61. The van der Waals surface area contributed by atoms with Crippen molar-refractivity contribution in [2.24, 2.45) is 7.05 Å². The molecule has 10 heteroatoms. The first kappa shape index (κ1) is 19.7. The predicted molar refractivity (Wildman–Crippen MR) is 120 cm³/mol. The molecule has 9 nitrogen and oxygen atoms in total. The maximum Gasteiger partial charge on any atom is 0.258 e. The molecule has 1 aliphatic heterocycles. The summed E-state index contributed by atoms with van der Waals surface area (Å²) in [5.41, 5.74) is 2.12. The lowest BCUT2D eigenvalue weighted by Crippen LogP contribution is -2.38. The summed E-state index contributed by atoms with van der Waals surface area (Å²) in [6, 6.07) is 0. The van der Waals surface area contributed by atoms with E-state index in [2.05, 4.69) is 48.2 Å². The van der Waals surface area contributed by atoms with Gasteiger partial charge in [0.15, 0.2) is 0 Å². The Morgan fingerprint density at radius 1 is 1.33 bits per heavy atom. The van der Waals surface area contributed by atoms with E-state index in [-0.39, 0.29) is 11.4 Å². The molecule has 5 rings (SSSR count). The van der Waals surface area contributed by atoms with Crippen molar-refractivity contribution in [2.45, 2.75) is 44.1 Å². The van der Waals surface area contributed by atoms with Crippen molar-refractivity contribution in [2.75, 3.05) is 22.8 Å². The van der Waals surface area contributed by atoms with Crippen molar-refractivity contribution < 1.29 is 9.21 Å². The molecule has 0 atom stereocenters. The zero-order valence-corrected chi connectivity index (χ0v) is 19.2. The summed E-state index contributed by atoms with van der Waals surface area (Å²) < 4.78 is 8.57. The maximum absolute atomic E-state index is 13.5. The number of rotatable bonds is 5. The molecule has 1 saturated heterocycles. The molecule has 1 amide bonds. The van der Waals surface area contributed by atoms with E-state index in [0.717, 1.165) is 35.8 Å². The maximum atomic E-state index is 13.5. The van der Waals surface area contributed by atoms with Crippen LogP contribution >= 0.6 is 22.6 Å². The molecule has 2 aliphatic rings. The smallest absolute Gasteiger partial charge is 0.258 e. The van der Waals surface area contributed by atoms with E-state index in [0.29, 0.717) is 47.2 Å². The molecule has 4 heterocycles. The average molecular weight is 521 g/mol. The van der Waals surface area contributed by atoms with Crippen LogP contribution in [0.3, 0.4) is 0 Å². The number of halogens is 1. The normalized spacial score (nSPS) is 18.7. The third-order valence-electron chi connectivity index (χ3n) is 6.19.